The van der Waals surface area contributed by atoms with Gasteiger partial charge in [-0.05, 0) is 30.3 Å². The molecule has 4 nitrogen and oxygen atoms in total. The van der Waals surface area contributed by atoms with E-state index in [0.29, 0.717) is 12.1 Å². The van der Waals surface area contributed by atoms with E-state index in [9.17, 15) is 22.8 Å². The second kappa shape index (κ2) is 6.29. The third kappa shape index (κ3) is 3.81. The summed E-state index contributed by atoms with van der Waals surface area (Å²) in [6.45, 7) is 0. The fourth-order valence-corrected chi connectivity index (χ4v) is 2.07. The normalized spacial score (nSPS) is 11.1. The van der Waals surface area contributed by atoms with Crippen LogP contribution < -0.4 is 5.32 Å². The SMILES string of the molecule is O=C(Nc1cc(C(F)(F)F)ccc1C(=O)O)c1ccccc1Cl. The predicted molar refractivity (Wildman–Crippen MR) is 77.8 cm³/mol. The second-order valence-corrected chi connectivity index (χ2v) is 4.90. The maximum atomic E-state index is 12.7. The van der Waals surface area contributed by atoms with E-state index in [2.05, 4.69) is 5.32 Å². The molecule has 0 saturated heterocycles. The number of carboxylic acid groups (broad SMARTS) is 1. The molecule has 8 heteroatoms. The lowest BCUT2D eigenvalue weighted by Gasteiger charge is -2.13. The summed E-state index contributed by atoms with van der Waals surface area (Å²) >= 11 is 5.83. The van der Waals surface area contributed by atoms with Crippen molar-refractivity contribution in [3.63, 3.8) is 0 Å². The van der Waals surface area contributed by atoms with E-state index in [4.69, 9.17) is 16.7 Å². The van der Waals surface area contributed by atoms with Gasteiger partial charge >= 0.3 is 12.1 Å². The Kier molecular flexibility index (Phi) is 4.60. The van der Waals surface area contributed by atoms with Crippen LogP contribution in [0.3, 0.4) is 0 Å². The van der Waals surface area contributed by atoms with Crippen LogP contribution in [-0.4, -0.2) is 17.0 Å². The quantitative estimate of drug-likeness (QED) is 0.872. The van der Waals surface area contributed by atoms with Gasteiger partial charge in [-0.15, -0.1) is 0 Å². The fourth-order valence-electron chi connectivity index (χ4n) is 1.85. The molecule has 0 aliphatic heterocycles. The Balaban J connectivity index is 2.43. The van der Waals surface area contributed by atoms with E-state index in [1.165, 1.54) is 18.2 Å². The summed E-state index contributed by atoms with van der Waals surface area (Å²) in [5, 5.41) is 11.3. The molecule has 2 N–H and O–H groups in total. The third-order valence-corrected chi connectivity index (χ3v) is 3.27. The van der Waals surface area contributed by atoms with Crippen LogP contribution in [0, 0.1) is 0 Å². The molecule has 0 atom stereocenters. The summed E-state index contributed by atoms with van der Waals surface area (Å²) in [6, 6.07) is 7.88. The van der Waals surface area contributed by atoms with Crippen LogP contribution in [0.2, 0.25) is 5.02 Å². The van der Waals surface area contributed by atoms with Gasteiger partial charge in [-0.3, -0.25) is 4.79 Å². The van der Waals surface area contributed by atoms with Crippen LogP contribution in [0.1, 0.15) is 26.3 Å². The van der Waals surface area contributed by atoms with Gasteiger partial charge < -0.3 is 10.4 Å². The zero-order valence-electron chi connectivity index (χ0n) is 11.3. The molecule has 0 fully saturated rings. The summed E-state index contributed by atoms with van der Waals surface area (Å²) in [6.07, 6.45) is -4.67. The van der Waals surface area contributed by atoms with Gasteiger partial charge in [-0.2, -0.15) is 13.2 Å². The number of halogens is 4. The smallest absolute Gasteiger partial charge is 0.416 e. The molecule has 1 amide bonds. The van der Waals surface area contributed by atoms with Crippen molar-refractivity contribution in [1.29, 1.82) is 0 Å². The van der Waals surface area contributed by atoms with Crippen LogP contribution in [0.5, 0.6) is 0 Å². The minimum Gasteiger partial charge on any atom is -0.478 e. The van der Waals surface area contributed by atoms with Crippen LogP contribution >= 0.6 is 11.6 Å². The molecule has 0 radical (unpaired) electrons. The van der Waals surface area contributed by atoms with Crippen molar-refractivity contribution in [2.24, 2.45) is 0 Å². The molecule has 2 aromatic carbocycles. The topological polar surface area (TPSA) is 66.4 Å². The van der Waals surface area contributed by atoms with Gasteiger partial charge in [0, 0.05) is 0 Å². The highest BCUT2D eigenvalue weighted by atomic mass is 35.5. The van der Waals surface area contributed by atoms with Crippen molar-refractivity contribution >= 4 is 29.2 Å². The van der Waals surface area contributed by atoms with E-state index in [1.54, 1.807) is 6.07 Å². The Bertz CT molecular complexity index is 775. The van der Waals surface area contributed by atoms with Crippen molar-refractivity contribution in [2.45, 2.75) is 6.18 Å². The van der Waals surface area contributed by atoms with E-state index in [0.717, 1.165) is 6.07 Å². The number of carboxylic acids is 1. The highest BCUT2D eigenvalue weighted by Gasteiger charge is 2.31. The summed E-state index contributed by atoms with van der Waals surface area (Å²) in [5.74, 6) is -2.27. The first-order valence-corrected chi connectivity index (χ1v) is 6.58. The van der Waals surface area contributed by atoms with Gasteiger partial charge in [0.1, 0.15) is 0 Å². The molecule has 120 valence electrons. The lowest BCUT2D eigenvalue weighted by atomic mass is 10.1. The van der Waals surface area contributed by atoms with Gasteiger partial charge in [-0.1, -0.05) is 23.7 Å². The lowest BCUT2D eigenvalue weighted by Crippen LogP contribution is -2.16. The number of alkyl halides is 3. The summed E-state index contributed by atoms with van der Waals surface area (Å²) in [7, 11) is 0. The number of nitrogens with one attached hydrogen (secondary N) is 1. The number of hydrogen-bond acceptors (Lipinski definition) is 2. The van der Waals surface area contributed by atoms with Gasteiger partial charge in [0.2, 0.25) is 0 Å². The molecular formula is C15H9ClF3NO3. The molecule has 0 aromatic heterocycles. The molecule has 0 spiro atoms. The largest absolute Gasteiger partial charge is 0.478 e. The van der Waals surface area contributed by atoms with Crippen LogP contribution in [-0.2, 0) is 6.18 Å². The van der Waals surface area contributed by atoms with E-state index < -0.39 is 34.9 Å². The number of amides is 1. The van der Waals surface area contributed by atoms with Crippen LogP contribution in [0.15, 0.2) is 42.5 Å². The fraction of sp³-hybridized carbons (Fsp3) is 0.0667. The second-order valence-electron chi connectivity index (χ2n) is 4.50. The minimum absolute atomic E-state index is 0.0166. The van der Waals surface area contributed by atoms with Gasteiger partial charge in [-0.25, -0.2) is 4.79 Å². The average molecular weight is 344 g/mol. The molecule has 0 bridgehead atoms. The van der Waals surface area contributed by atoms with E-state index in [-0.39, 0.29) is 10.6 Å². The summed E-state index contributed by atoms with van der Waals surface area (Å²) in [5.41, 5.74) is -1.98. The first-order valence-electron chi connectivity index (χ1n) is 6.20. The van der Waals surface area contributed by atoms with Gasteiger partial charge in [0.05, 0.1) is 27.4 Å². The Morgan fingerprint density at radius 3 is 2.26 bits per heavy atom. The molecule has 0 heterocycles. The predicted octanol–water partition coefficient (Wildman–Crippen LogP) is 4.31. The van der Waals surface area contributed by atoms with Crippen LogP contribution in [0.4, 0.5) is 18.9 Å². The molecule has 0 saturated carbocycles. The minimum atomic E-state index is -4.67. The Hall–Kier alpha value is -2.54. The molecule has 2 rings (SSSR count). The summed E-state index contributed by atoms with van der Waals surface area (Å²) < 4.78 is 38.2. The maximum Gasteiger partial charge on any atom is 0.416 e. The van der Waals surface area contributed by atoms with Crippen molar-refractivity contribution < 1.29 is 27.9 Å². The Labute approximate surface area is 133 Å². The van der Waals surface area contributed by atoms with E-state index in [1.807, 2.05) is 0 Å². The van der Waals surface area contributed by atoms with Gasteiger partial charge in [0.25, 0.3) is 5.91 Å². The average Bonchev–Trinajstić information content (AvgIpc) is 2.46. The third-order valence-electron chi connectivity index (χ3n) is 2.94. The monoisotopic (exact) mass is 343 g/mol. The number of benzene rings is 2. The van der Waals surface area contributed by atoms with Crippen molar-refractivity contribution in [1.82, 2.24) is 0 Å². The Morgan fingerprint density at radius 1 is 1.04 bits per heavy atom. The summed E-state index contributed by atoms with van der Waals surface area (Å²) in [4.78, 5) is 23.2. The molecule has 0 aliphatic rings. The zero-order valence-corrected chi connectivity index (χ0v) is 12.1. The lowest BCUT2D eigenvalue weighted by molar-refractivity contribution is -0.137. The van der Waals surface area contributed by atoms with Crippen molar-refractivity contribution in [3.05, 3.63) is 64.2 Å². The molecule has 23 heavy (non-hydrogen) atoms. The van der Waals surface area contributed by atoms with E-state index >= 15 is 0 Å². The standard InChI is InChI=1S/C15H9ClF3NO3/c16-11-4-2-1-3-9(11)13(21)20-12-7-8(15(17,18)19)5-6-10(12)14(22)23/h1-7H,(H,20,21)(H,22,23). The number of carbonyl (C=O) groups excluding carboxylic acids is 1. The number of aromatic carboxylic acids is 1. The first kappa shape index (κ1) is 16.8. The maximum absolute atomic E-state index is 12.7. The number of anilines is 1. The number of rotatable bonds is 3. The molecule has 2 aromatic rings. The Morgan fingerprint density at radius 2 is 1.70 bits per heavy atom. The zero-order chi connectivity index (χ0) is 17.2. The van der Waals surface area contributed by atoms with Crippen LogP contribution in [0.25, 0.3) is 0 Å². The number of carbonyl (C=O) groups is 2. The highest BCUT2D eigenvalue weighted by Crippen LogP contribution is 2.32. The first-order chi connectivity index (χ1) is 10.7. The molecular weight excluding hydrogens is 335 g/mol. The van der Waals surface area contributed by atoms with Crippen molar-refractivity contribution in [2.75, 3.05) is 5.32 Å². The van der Waals surface area contributed by atoms with Gasteiger partial charge in [0.15, 0.2) is 0 Å². The van der Waals surface area contributed by atoms with Crippen molar-refractivity contribution in [3.8, 4) is 0 Å². The molecule has 0 unspecified atom stereocenters. The molecule has 0 aliphatic carbocycles. The number of hydrogen-bond donors (Lipinski definition) is 2. The highest BCUT2D eigenvalue weighted by molar-refractivity contribution is 6.34.